The van der Waals surface area contributed by atoms with E-state index in [0.717, 1.165) is 37.6 Å². The number of piperidine rings is 1. The van der Waals surface area contributed by atoms with Crippen molar-refractivity contribution in [2.24, 2.45) is 0 Å². The molecule has 0 saturated carbocycles. The highest BCUT2D eigenvalue weighted by Gasteiger charge is 2.23. The minimum absolute atomic E-state index is 0.192. The fourth-order valence-electron chi connectivity index (χ4n) is 2.80. The molecule has 1 atom stereocenters. The summed E-state index contributed by atoms with van der Waals surface area (Å²) >= 11 is 0. The Bertz CT molecular complexity index is 728. The van der Waals surface area contributed by atoms with Gasteiger partial charge < -0.3 is 10.2 Å². The van der Waals surface area contributed by atoms with E-state index in [1.165, 1.54) is 12.5 Å². The van der Waals surface area contributed by atoms with Gasteiger partial charge in [0.15, 0.2) is 0 Å². The van der Waals surface area contributed by atoms with E-state index < -0.39 is 0 Å². The maximum atomic E-state index is 11.2. The predicted octanol–water partition coefficient (Wildman–Crippen LogP) is 1.51. The van der Waals surface area contributed by atoms with Crippen molar-refractivity contribution in [1.82, 2.24) is 15.2 Å². The average molecular weight is 310 g/mol. The fourth-order valence-corrected chi connectivity index (χ4v) is 2.80. The van der Waals surface area contributed by atoms with Gasteiger partial charge in [-0.1, -0.05) is 0 Å². The number of nitrogens with one attached hydrogen (secondary N) is 2. The summed E-state index contributed by atoms with van der Waals surface area (Å²) in [6, 6.07) is 9.17. The zero-order valence-corrected chi connectivity index (χ0v) is 12.7. The van der Waals surface area contributed by atoms with Crippen LogP contribution in [-0.2, 0) is 0 Å². The number of H-pyrrole nitrogens is 1. The Morgan fingerprint density at radius 3 is 2.96 bits per heavy atom. The molecule has 3 rings (SSSR count). The summed E-state index contributed by atoms with van der Waals surface area (Å²) in [5.41, 5.74) is 0.356. The molecule has 23 heavy (non-hydrogen) atoms. The molecule has 1 fully saturated rings. The number of hydrogen-bond acceptors (Lipinski definition) is 6. The van der Waals surface area contributed by atoms with Crippen LogP contribution in [0.5, 0.6) is 0 Å². The number of nitrogens with zero attached hydrogens (tertiary/aromatic N) is 4. The SMILES string of the molecule is N#Cc1ccc(NCC2CCCCN2c2ccc(=O)[nH]n2)nc1. The van der Waals surface area contributed by atoms with Gasteiger partial charge in [-0.3, -0.25) is 4.79 Å². The van der Waals surface area contributed by atoms with Gasteiger partial charge in [0.2, 0.25) is 0 Å². The van der Waals surface area contributed by atoms with Crippen molar-refractivity contribution in [3.63, 3.8) is 0 Å². The molecule has 0 bridgehead atoms. The van der Waals surface area contributed by atoms with E-state index in [9.17, 15) is 4.79 Å². The largest absolute Gasteiger partial charge is 0.368 e. The summed E-state index contributed by atoms with van der Waals surface area (Å²) in [7, 11) is 0. The molecule has 3 heterocycles. The number of aromatic nitrogens is 3. The first kappa shape index (κ1) is 15.0. The average Bonchev–Trinajstić information content (AvgIpc) is 2.61. The third-order valence-electron chi connectivity index (χ3n) is 4.00. The van der Waals surface area contributed by atoms with Gasteiger partial charge in [-0.15, -0.1) is 0 Å². The lowest BCUT2D eigenvalue weighted by atomic mass is 10.0. The smallest absolute Gasteiger partial charge is 0.264 e. The number of anilines is 2. The number of pyridine rings is 1. The van der Waals surface area contributed by atoms with Crippen molar-refractivity contribution in [3.05, 3.63) is 46.4 Å². The van der Waals surface area contributed by atoms with Crippen LogP contribution in [0, 0.1) is 11.3 Å². The van der Waals surface area contributed by atoms with Crippen LogP contribution in [0.4, 0.5) is 11.6 Å². The first-order valence-corrected chi connectivity index (χ1v) is 7.68. The molecule has 7 nitrogen and oxygen atoms in total. The summed E-state index contributed by atoms with van der Waals surface area (Å²) in [6.07, 6.45) is 4.91. The van der Waals surface area contributed by atoms with Crippen LogP contribution in [0.2, 0.25) is 0 Å². The van der Waals surface area contributed by atoms with E-state index in [-0.39, 0.29) is 5.56 Å². The van der Waals surface area contributed by atoms with Crippen molar-refractivity contribution in [2.75, 3.05) is 23.3 Å². The van der Waals surface area contributed by atoms with Crippen LogP contribution in [0.15, 0.2) is 35.3 Å². The topological polar surface area (TPSA) is 97.7 Å². The standard InChI is InChI=1S/C16H18N6O/c17-9-12-4-5-14(18-10-12)19-11-13-3-1-2-8-22(13)15-6-7-16(23)21-20-15/h4-7,10,13H,1-3,8,11H2,(H,18,19)(H,21,23). The third-order valence-corrected chi connectivity index (χ3v) is 4.00. The van der Waals surface area contributed by atoms with Crippen molar-refractivity contribution in [1.29, 1.82) is 5.26 Å². The summed E-state index contributed by atoms with van der Waals surface area (Å²) in [5.74, 6) is 1.55. The predicted molar refractivity (Wildman–Crippen MR) is 87.3 cm³/mol. The van der Waals surface area contributed by atoms with Crippen LogP contribution >= 0.6 is 0 Å². The highest BCUT2D eigenvalue weighted by molar-refractivity contribution is 5.42. The Labute approximate surface area is 134 Å². The Kier molecular flexibility index (Phi) is 4.52. The molecule has 1 unspecified atom stereocenters. The van der Waals surface area contributed by atoms with Gasteiger partial charge in [-0.2, -0.15) is 10.4 Å². The van der Waals surface area contributed by atoms with Crippen molar-refractivity contribution >= 4 is 11.6 Å². The van der Waals surface area contributed by atoms with E-state index in [1.54, 1.807) is 18.3 Å². The Morgan fingerprint density at radius 2 is 2.26 bits per heavy atom. The maximum absolute atomic E-state index is 11.2. The molecule has 2 aromatic heterocycles. The molecule has 118 valence electrons. The molecule has 1 saturated heterocycles. The van der Waals surface area contributed by atoms with Crippen LogP contribution in [0.1, 0.15) is 24.8 Å². The Morgan fingerprint density at radius 1 is 1.35 bits per heavy atom. The van der Waals surface area contributed by atoms with Crippen LogP contribution in [0.3, 0.4) is 0 Å². The van der Waals surface area contributed by atoms with Crippen LogP contribution in [0.25, 0.3) is 0 Å². The molecule has 2 N–H and O–H groups in total. The zero-order chi connectivity index (χ0) is 16.1. The molecule has 0 aromatic carbocycles. The van der Waals surface area contributed by atoms with E-state index in [2.05, 4.69) is 31.5 Å². The molecule has 0 aliphatic carbocycles. The summed E-state index contributed by atoms with van der Waals surface area (Å²) in [6.45, 7) is 1.66. The van der Waals surface area contributed by atoms with Gasteiger partial charge in [-0.05, 0) is 37.5 Å². The van der Waals surface area contributed by atoms with Crippen molar-refractivity contribution in [2.45, 2.75) is 25.3 Å². The summed E-state index contributed by atoms with van der Waals surface area (Å²) in [4.78, 5) is 17.6. The summed E-state index contributed by atoms with van der Waals surface area (Å²) in [5, 5.41) is 18.7. The quantitative estimate of drug-likeness (QED) is 0.888. The summed E-state index contributed by atoms with van der Waals surface area (Å²) < 4.78 is 0. The number of rotatable bonds is 4. The molecule has 7 heteroatoms. The zero-order valence-electron chi connectivity index (χ0n) is 12.7. The number of nitriles is 1. The third kappa shape index (κ3) is 3.66. The first-order chi connectivity index (χ1) is 11.3. The van der Waals surface area contributed by atoms with Gasteiger partial charge >= 0.3 is 0 Å². The fraction of sp³-hybridized carbons (Fsp3) is 0.375. The van der Waals surface area contributed by atoms with E-state index in [4.69, 9.17) is 5.26 Å². The molecule has 1 aliphatic heterocycles. The van der Waals surface area contributed by atoms with Crippen LogP contribution < -0.4 is 15.8 Å². The molecular formula is C16H18N6O. The maximum Gasteiger partial charge on any atom is 0.264 e. The lowest BCUT2D eigenvalue weighted by molar-refractivity contribution is 0.467. The van der Waals surface area contributed by atoms with Gasteiger partial charge in [0.1, 0.15) is 17.7 Å². The first-order valence-electron chi connectivity index (χ1n) is 7.68. The number of aromatic amines is 1. The second-order valence-electron chi connectivity index (χ2n) is 5.55. The van der Waals surface area contributed by atoms with Gasteiger partial charge in [0, 0.05) is 31.4 Å². The van der Waals surface area contributed by atoms with E-state index in [0.29, 0.717) is 11.6 Å². The van der Waals surface area contributed by atoms with Gasteiger partial charge in [0.05, 0.1) is 5.56 Å². The Balaban J connectivity index is 1.67. The normalized spacial score (nSPS) is 17.5. The second-order valence-corrected chi connectivity index (χ2v) is 5.55. The van der Waals surface area contributed by atoms with Crippen molar-refractivity contribution < 1.29 is 0 Å². The highest BCUT2D eigenvalue weighted by Crippen LogP contribution is 2.22. The van der Waals surface area contributed by atoms with Crippen molar-refractivity contribution in [3.8, 4) is 6.07 Å². The minimum atomic E-state index is -0.192. The monoisotopic (exact) mass is 310 g/mol. The lowest BCUT2D eigenvalue weighted by Gasteiger charge is -2.36. The molecular weight excluding hydrogens is 292 g/mol. The van der Waals surface area contributed by atoms with Gasteiger partial charge in [-0.25, -0.2) is 10.1 Å². The van der Waals surface area contributed by atoms with Gasteiger partial charge in [0.25, 0.3) is 5.56 Å². The highest BCUT2D eigenvalue weighted by atomic mass is 16.1. The molecule has 1 aliphatic rings. The second kappa shape index (κ2) is 6.92. The number of hydrogen-bond donors (Lipinski definition) is 2. The molecule has 0 radical (unpaired) electrons. The van der Waals surface area contributed by atoms with E-state index in [1.807, 2.05) is 6.07 Å². The minimum Gasteiger partial charge on any atom is -0.368 e. The Hall–Kier alpha value is -2.88. The lowest BCUT2D eigenvalue weighted by Crippen LogP contribution is -2.44. The molecule has 0 amide bonds. The molecule has 0 spiro atoms. The van der Waals surface area contributed by atoms with E-state index >= 15 is 0 Å². The molecule has 2 aromatic rings. The van der Waals surface area contributed by atoms with Crippen LogP contribution in [-0.4, -0.2) is 34.3 Å².